The second kappa shape index (κ2) is 7.49. The van der Waals surface area contributed by atoms with Gasteiger partial charge in [0, 0.05) is 12.6 Å². The van der Waals surface area contributed by atoms with Crippen LogP contribution in [0.1, 0.15) is 64.2 Å². The summed E-state index contributed by atoms with van der Waals surface area (Å²) in [5.74, 6) is 1.87. The van der Waals surface area contributed by atoms with Crippen LogP contribution in [-0.2, 0) is 0 Å². The van der Waals surface area contributed by atoms with Gasteiger partial charge in [-0.2, -0.15) is 0 Å². The molecule has 3 atom stereocenters. The normalized spacial score (nSPS) is 36.5. The third-order valence-corrected chi connectivity index (χ3v) is 5.73. The maximum Gasteiger partial charge on any atom is 0.188 e. The van der Waals surface area contributed by atoms with E-state index in [1.807, 2.05) is 0 Å². The van der Waals surface area contributed by atoms with E-state index in [2.05, 4.69) is 10.3 Å². The number of nitrogens with two attached hydrogens (primary N) is 1. The summed E-state index contributed by atoms with van der Waals surface area (Å²) >= 11 is 0. The molecule has 0 amide bonds. The van der Waals surface area contributed by atoms with E-state index in [1.54, 1.807) is 0 Å². The largest absolute Gasteiger partial charge is 0.390 e. The smallest absolute Gasteiger partial charge is 0.188 e. The van der Waals surface area contributed by atoms with Gasteiger partial charge in [0.05, 0.1) is 5.60 Å². The molecule has 122 valence electrons. The van der Waals surface area contributed by atoms with Crippen molar-refractivity contribution in [2.24, 2.45) is 22.6 Å². The average molecular weight is 407 g/mol. The topological polar surface area (TPSA) is 70.6 Å². The highest BCUT2D eigenvalue weighted by atomic mass is 127. The first-order valence-electron chi connectivity index (χ1n) is 8.44. The maximum absolute atomic E-state index is 10.7. The molecule has 0 aromatic heterocycles. The molecule has 21 heavy (non-hydrogen) atoms. The standard InChI is InChI=1S/C16H29N3O.HI/c17-15(19-14-4-2-1-3-5-14)18-9-8-16(20)11-12-6-7-13(16)10-12;/h12-14,20H,1-11H2,(H3,17,18,19);1H. The molecule has 0 aliphatic heterocycles. The van der Waals surface area contributed by atoms with Crippen molar-refractivity contribution in [3.8, 4) is 0 Å². The van der Waals surface area contributed by atoms with Crippen LogP contribution in [0, 0.1) is 11.8 Å². The Bertz CT molecular complexity index is 371. The SMILES string of the molecule is I.NC(=NCCC1(O)CC2CCC1C2)NC1CCCCC1. The molecule has 3 rings (SSSR count). The van der Waals surface area contributed by atoms with Gasteiger partial charge >= 0.3 is 0 Å². The number of halogens is 1. The molecule has 0 aromatic carbocycles. The second-order valence-electron chi connectivity index (χ2n) is 7.18. The van der Waals surface area contributed by atoms with E-state index >= 15 is 0 Å². The molecule has 0 aromatic rings. The van der Waals surface area contributed by atoms with Crippen molar-refractivity contribution >= 4 is 29.9 Å². The molecular formula is C16H30IN3O. The highest BCUT2D eigenvalue weighted by Gasteiger charge is 2.49. The van der Waals surface area contributed by atoms with Crippen LogP contribution in [-0.4, -0.2) is 29.3 Å². The van der Waals surface area contributed by atoms with Crippen molar-refractivity contribution < 1.29 is 5.11 Å². The van der Waals surface area contributed by atoms with Gasteiger partial charge in [-0.25, -0.2) is 0 Å². The van der Waals surface area contributed by atoms with Gasteiger partial charge in [0.15, 0.2) is 5.96 Å². The van der Waals surface area contributed by atoms with E-state index in [1.165, 1.54) is 51.4 Å². The quantitative estimate of drug-likeness (QED) is 0.381. The van der Waals surface area contributed by atoms with Gasteiger partial charge in [-0.3, -0.25) is 4.99 Å². The van der Waals surface area contributed by atoms with Gasteiger partial charge in [-0.05, 0) is 56.8 Å². The van der Waals surface area contributed by atoms with Gasteiger partial charge in [-0.15, -0.1) is 24.0 Å². The third-order valence-electron chi connectivity index (χ3n) is 5.73. The molecule has 3 saturated carbocycles. The summed E-state index contributed by atoms with van der Waals surface area (Å²) in [7, 11) is 0. The van der Waals surface area contributed by atoms with Crippen molar-refractivity contribution in [2.45, 2.75) is 75.9 Å². The monoisotopic (exact) mass is 407 g/mol. The van der Waals surface area contributed by atoms with Gasteiger partial charge in [-0.1, -0.05) is 19.3 Å². The van der Waals surface area contributed by atoms with E-state index < -0.39 is 5.60 Å². The number of aliphatic hydroxyl groups is 1. The highest BCUT2D eigenvalue weighted by Crippen LogP contribution is 2.52. The predicted octanol–water partition coefficient (Wildman–Crippen LogP) is 2.78. The lowest BCUT2D eigenvalue weighted by atomic mass is 9.82. The zero-order valence-corrected chi connectivity index (χ0v) is 15.2. The zero-order valence-electron chi connectivity index (χ0n) is 12.9. The maximum atomic E-state index is 10.7. The number of guanidine groups is 1. The van der Waals surface area contributed by atoms with E-state index in [0.29, 0.717) is 24.5 Å². The fourth-order valence-corrected chi connectivity index (χ4v) is 4.59. The van der Waals surface area contributed by atoms with E-state index in [4.69, 9.17) is 5.73 Å². The second-order valence-corrected chi connectivity index (χ2v) is 7.18. The predicted molar refractivity (Wildman–Crippen MR) is 96.9 cm³/mol. The summed E-state index contributed by atoms with van der Waals surface area (Å²) in [5, 5.41) is 14.0. The Morgan fingerprint density at radius 2 is 1.95 bits per heavy atom. The first-order valence-corrected chi connectivity index (χ1v) is 8.44. The number of hydrogen-bond acceptors (Lipinski definition) is 2. The number of hydrogen-bond donors (Lipinski definition) is 3. The van der Waals surface area contributed by atoms with Crippen molar-refractivity contribution in [2.75, 3.05) is 6.54 Å². The third kappa shape index (κ3) is 4.24. The Morgan fingerprint density at radius 3 is 2.57 bits per heavy atom. The fraction of sp³-hybridized carbons (Fsp3) is 0.938. The minimum absolute atomic E-state index is 0. The summed E-state index contributed by atoms with van der Waals surface area (Å²) in [5.41, 5.74) is 5.52. The number of fused-ring (bicyclic) bond motifs is 2. The van der Waals surface area contributed by atoms with Gasteiger partial charge in [0.2, 0.25) is 0 Å². The van der Waals surface area contributed by atoms with E-state index in [0.717, 1.165) is 18.8 Å². The molecule has 3 fully saturated rings. The van der Waals surface area contributed by atoms with Gasteiger partial charge in [0.1, 0.15) is 0 Å². The van der Waals surface area contributed by atoms with Crippen molar-refractivity contribution in [1.82, 2.24) is 5.32 Å². The van der Waals surface area contributed by atoms with Crippen LogP contribution < -0.4 is 11.1 Å². The lowest BCUT2D eigenvalue weighted by Crippen LogP contribution is -2.41. The average Bonchev–Trinajstić information content (AvgIpc) is 3.00. The van der Waals surface area contributed by atoms with E-state index in [9.17, 15) is 5.11 Å². The van der Waals surface area contributed by atoms with Crippen LogP contribution in [0.4, 0.5) is 0 Å². The number of nitrogens with zero attached hydrogens (tertiary/aromatic N) is 1. The summed E-state index contributed by atoms with van der Waals surface area (Å²) in [6, 6.07) is 0.512. The molecule has 4 N–H and O–H groups in total. The number of rotatable bonds is 4. The molecule has 4 nitrogen and oxygen atoms in total. The highest BCUT2D eigenvalue weighted by molar-refractivity contribution is 14.0. The van der Waals surface area contributed by atoms with Crippen LogP contribution in [0.2, 0.25) is 0 Å². The Morgan fingerprint density at radius 1 is 1.19 bits per heavy atom. The first kappa shape index (κ1) is 17.3. The summed E-state index contributed by atoms with van der Waals surface area (Å²) in [6.45, 7) is 0.658. The summed E-state index contributed by atoms with van der Waals surface area (Å²) in [4.78, 5) is 4.43. The molecule has 0 radical (unpaired) electrons. The number of nitrogens with one attached hydrogen (secondary N) is 1. The minimum Gasteiger partial charge on any atom is -0.390 e. The summed E-state index contributed by atoms with van der Waals surface area (Å²) in [6.07, 6.45) is 11.9. The molecule has 2 bridgehead atoms. The molecule has 3 aliphatic carbocycles. The van der Waals surface area contributed by atoms with Gasteiger partial charge in [0.25, 0.3) is 0 Å². The Kier molecular flexibility index (Phi) is 6.17. The lowest BCUT2D eigenvalue weighted by Gasteiger charge is -2.32. The van der Waals surface area contributed by atoms with Crippen molar-refractivity contribution in [3.05, 3.63) is 0 Å². The van der Waals surface area contributed by atoms with Crippen molar-refractivity contribution in [1.29, 1.82) is 0 Å². The number of aliphatic imine (C=N–C) groups is 1. The molecule has 0 saturated heterocycles. The first-order chi connectivity index (χ1) is 9.66. The van der Waals surface area contributed by atoms with E-state index in [-0.39, 0.29) is 24.0 Å². The van der Waals surface area contributed by atoms with Crippen LogP contribution in [0.25, 0.3) is 0 Å². The van der Waals surface area contributed by atoms with Crippen LogP contribution >= 0.6 is 24.0 Å². The Hall–Kier alpha value is -0.0400. The molecule has 5 heteroatoms. The fourth-order valence-electron chi connectivity index (χ4n) is 4.59. The van der Waals surface area contributed by atoms with Crippen molar-refractivity contribution in [3.63, 3.8) is 0 Å². The summed E-state index contributed by atoms with van der Waals surface area (Å²) < 4.78 is 0. The molecular weight excluding hydrogens is 377 g/mol. The lowest BCUT2D eigenvalue weighted by molar-refractivity contribution is -0.0181. The van der Waals surface area contributed by atoms with Crippen LogP contribution in [0.15, 0.2) is 4.99 Å². The van der Waals surface area contributed by atoms with Crippen LogP contribution in [0.3, 0.4) is 0 Å². The van der Waals surface area contributed by atoms with Crippen LogP contribution in [0.5, 0.6) is 0 Å². The zero-order chi connectivity index (χ0) is 14.0. The van der Waals surface area contributed by atoms with Gasteiger partial charge < -0.3 is 16.2 Å². The molecule has 0 heterocycles. The Balaban J connectivity index is 0.00000161. The Labute approximate surface area is 145 Å². The molecule has 3 aliphatic rings. The molecule has 3 unspecified atom stereocenters. The minimum atomic E-state index is -0.447. The molecule has 0 spiro atoms.